The minimum Gasteiger partial charge on any atom is -0.378 e. The van der Waals surface area contributed by atoms with Crippen LogP contribution in [-0.4, -0.2) is 25.5 Å². The molecule has 16 heavy (non-hydrogen) atoms. The third-order valence-corrected chi connectivity index (χ3v) is 2.73. The number of anilines is 1. The Bertz CT molecular complexity index is 371. The predicted molar refractivity (Wildman–Crippen MR) is 69.2 cm³/mol. The number of nitrogens with zero attached hydrogens (tertiary/aromatic N) is 1. The quantitative estimate of drug-likeness (QED) is 0.792. The largest absolute Gasteiger partial charge is 0.378 e. The first-order valence-electron chi connectivity index (χ1n) is 5.99. The summed E-state index contributed by atoms with van der Waals surface area (Å²) in [6.07, 6.45) is 2.31. The highest BCUT2D eigenvalue weighted by Crippen LogP contribution is 2.16. The van der Waals surface area contributed by atoms with Gasteiger partial charge in [0.15, 0.2) is 0 Å². The van der Waals surface area contributed by atoms with Crippen LogP contribution < -0.4 is 10.6 Å². The highest BCUT2D eigenvalue weighted by Gasteiger charge is 2.05. The molecular weight excluding hydrogens is 198 g/mol. The Morgan fingerprint density at radius 1 is 1.38 bits per heavy atom. The number of hydrogen-bond donors (Lipinski definition) is 2. The van der Waals surface area contributed by atoms with Crippen molar-refractivity contribution in [1.82, 2.24) is 5.32 Å². The topological polar surface area (TPSA) is 36.4 Å². The van der Waals surface area contributed by atoms with Crippen LogP contribution in [0.25, 0.3) is 0 Å². The van der Waals surface area contributed by atoms with E-state index in [4.69, 9.17) is 0 Å². The molecule has 0 amide bonds. The summed E-state index contributed by atoms with van der Waals surface area (Å²) in [5.41, 5.74) is 2.63. The lowest BCUT2D eigenvalue weighted by molar-refractivity contribution is 0.921. The Kier molecular flexibility index (Phi) is 3.81. The molecule has 0 saturated carbocycles. The molecule has 0 radical (unpaired) electrons. The normalized spacial score (nSPS) is 14.4. The van der Waals surface area contributed by atoms with E-state index < -0.39 is 0 Å². The summed E-state index contributed by atoms with van der Waals surface area (Å²) >= 11 is 0. The molecule has 1 heterocycles. The van der Waals surface area contributed by atoms with Crippen LogP contribution in [0.3, 0.4) is 0 Å². The monoisotopic (exact) mass is 217 g/mol. The number of para-hydroxylation sites is 1. The number of hydrogen-bond acceptors (Lipinski definition) is 3. The predicted octanol–water partition coefficient (Wildman–Crippen LogP) is 2.05. The summed E-state index contributed by atoms with van der Waals surface area (Å²) in [6, 6.07) is 8.50. The third-order valence-electron chi connectivity index (χ3n) is 2.73. The summed E-state index contributed by atoms with van der Waals surface area (Å²) in [5.74, 6) is 1.08. The molecule has 1 aromatic rings. The molecule has 0 aromatic heterocycles. The van der Waals surface area contributed by atoms with Crippen LogP contribution >= 0.6 is 0 Å². The van der Waals surface area contributed by atoms with Crippen molar-refractivity contribution in [1.29, 1.82) is 0 Å². The van der Waals surface area contributed by atoms with E-state index in [1.165, 1.54) is 17.7 Å². The van der Waals surface area contributed by atoms with E-state index in [9.17, 15) is 0 Å². The van der Waals surface area contributed by atoms with Gasteiger partial charge in [0, 0.05) is 12.2 Å². The zero-order valence-corrected chi connectivity index (χ0v) is 9.79. The summed E-state index contributed by atoms with van der Waals surface area (Å²) in [4.78, 5) is 4.37. The fourth-order valence-corrected chi connectivity index (χ4v) is 1.92. The van der Waals surface area contributed by atoms with Crippen molar-refractivity contribution in [3.05, 3.63) is 29.8 Å². The van der Waals surface area contributed by atoms with Crippen LogP contribution in [0.4, 0.5) is 5.69 Å². The lowest BCUT2D eigenvalue weighted by Gasteiger charge is -2.11. The van der Waals surface area contributed by atoms with Gasteiger partial charge in [-0.05, 0) is 18.1 Å². The maximum atomic E-state index is 4.37. The van der Waals surface area contributed by atoms with E-state index in [0.29, 0.717) is 0 Å². The lowest BCUT2D eigenvalue weighted by Crippen LogP contribution is -2.26. The zero-order chi connectivity index (χ0) is 11.2. The molecular formula is C13H19N3. The Labute approximate surface area is 97.0 Å². The molecule has 2 rings (SSSR count). The first-order valence-corrected chi connectivity index (χ1v) is 5.99. The van der Waals surface area contributed by atoms with Gasteiger partial charge in [-0.15, -0.1) is 0 Å². The molecule has 0 bridgehead atoms. The van der Waals surface area contributed by atoms with Crippen molar-refractivity contribution in [2.45, 2.75) is 19.8 Å². The fraction of sp³-hybridized carbons (Fsp3) is 0.462. The van der Waals surface area contributed by atoms with Gasteiger partial charge in [-0.3, -0.25) is 4.99 Å². The molecule has 86 valence electrons. The molecule has 1 aliphatic heterocycles. The van der Waals surface area contributed by atoms with Crippen molar-refractivity contribution < 1.29 is 0 Å². The van der Waals surface area contributed by atoms with Gasteiger partial charge in [0.2, 0.25) is 0 Å². The minimum atomic E-state index is 0.806. The van der Waals surface area contributed by atoms with Gasteiger partial charge >= 0.3 is 0 Å². The summed E-state index contributed by atoms with van der Waals surface area (Å²) in [7, 11) is 0. The van der Waals surface area contributed by atoms with Gasteiger partial charge in [-0.25, -0.2) is 0 Å². The molecule has 1 aromatic carbocycles. The number of rotatable bonds is 5. The van der Waals surface area contributed by atoms with Crippen LogP contribution in [0, 0.1) is 0 Å². The average molecular weight is 217 g/mol. The summed E-state index contributed by atoms with van der Waals surface area (Å²) in [5, 5.41) is 6.71. The number of amidine groups is 1. The van der Waals surface area contributed by atoms with E-state index in [1.54, 1.807) is 0 Å². The molecule has 0 aliphatic carbocycles. The van der Waals surface area contributed by atoms with E-state index in [1.807, 2.05) is 0 Å². The maximum absolute atomic E-state index is 4.37. The fourth-order valence-electron chi connectivity index (χ4n) is 1.92. The Balaban J connectivity index is 1.97. The molecule has 0 unspecified atom stereocenters. The summed E-state index contributed by atoms with van der Waals surface area (Å²) in [6.45, 7) is 4.90. The van der Waals surface area contributed by atoms with Crippen molar-refractivity contribution in [2.75, 3.05) is 25.0 Å². The van der Waals surface area contributed by atoms with Crippen LogP contribution in [0.2, 0.25) is 0 Å². The molecule has 0 atom stereocenters. The first kappa shape index (κ1) is 11.0. The van der Waals surface area contributed by atoms with E-state index in [0.717, 1.165) is 31.9 Å². The Morgan fingerprint density at radius 3 is 3.00 bits per heavy atom. The molecule has 2 N–H and O–H groups in total. The highest BCUT2D eigenvalue weighted by atomic mass is 15.1. The van der Waals surface area contributed by atoms with Gasteiger partial charge in [-0.2, -0.15) is 0 Å². The van der Waals surface area contributed by atoms with Crippen molar-refractivity contribution in [3.63, 3.8) is 0 Å². The second-order valence-electron chi connectivity index (χ2n) is 4.02. The van der Waals surface area contributed by atoms with Gasteiger partial charge < -0.3 is 10.6 Å². The van der Waals surface area contributed by atoms with Crippen molar-refractivity contribution in [3.8, 4) is 0 Å². The molecule has 0 saturated heterocycles. The van der Waals surface area contributed by atoms with Crippen LogP contribution in [0.15, 0.2) is 29.3 Å². The van der Waals surface area contributed by atoms with Crippen molar-refractivity contribution in [2.24, 2.45) is 4.99 Å². The number of nitrogens with one attached hydrogen (secondary N) is 2. The molecule has 3 heteroatoms. The average Bonchev–Trinajstić information content (AvgIpc) is 2.81. The standard InChI is InChI=1S/C13H19N3/c1-2-5-11-6-3-4-7-12(11)16-10-13-14-8-9-15-13/h3-4,6-7,16H,2,5,8-10H2,1H3,(H,14,15). The van der Waals surface area contributed by atoms with Gasteiger partial charge in [0.25, 0.3) is 0 Å². The number of benzene rings is 1. The van der Waals surface area contributed by atoms with Crippen LogP contribution in [-0.2, 0) is 6.42 Å². The Hall–Kier alpha value is -1.51. The molecule has 0 spiro atoms. The zero-order valence-electron chi connectivity index (χ0n) is 9.79. The van der Waals surface area contributed by atoms with E-state index in [2.05, 4.69) is 46.8 Å². The second-order valence-corrected chi connectivity index (χ2v) is 4.02. The molecule has 3 nitrogen and oxygen atoms in total. The summed E-state index contributed by atoms with van der Waals surface area (Å²) < 4.78 is 0. The smallest absolute Gasteiger partial charge is 0.116 e. The van der Waals surface area contributed by atoms with Gasteiger partial charge in [0.05, 0.1) is 13.1 Å². The van der Waals surface area contributed by atoms with E-state index >= 15 is 0 Å². The van der Waals surface area contributed by atoms with Crippen LogP contribution in [0.1, 0.15) is 18.9 Å². The highest BCUT2D eigenvalue weighted by molar-refractivity contribution is 5.87. The van der Waals surface area contributed by atoms with Gasteiger partial charge in [0.1, 0.15) is 5.84 Å². The SMILES string of the molecule is CCCc1ccccc1NCC1=NCCN1. The van der Waals surface area contributed by atoms with E-state index in [-0.39, 0.29) is 0 Å². The second kappa shape index (κ2) is 5.54. The number of aliphatic imine (C=N–C) groups is 1. The van der Waals surface area contributed by atoms with Crippen LogP contribution in [0.5, 0.6) is 0 Å². The first-order chi connectivity index (χ1) is 7.90. The maximum Gasteiger partial charge on any atom is 0.116 e. The van der Waals surface area contributed by atoms with Gasteiger partial charge in [-0.1, -0.05) is 31.5 Å². The molecule has 1 aliphatic rings. The third kappa shape index (κ3) is 2.75. The number of aryl methyl sites for hydroxylation is 1. The molecule has 0 fully saturated rings. The minimum absolute atomic E-state index is 0.806. The Morgan fingerprint density at radius 2 is 2.25 bits per heavy atom. The lowest BCUT2D eigenvalue weighted by atomic mass is 10.1. The van der Waals surface area contributed by atoms with Crippen molar-refractivity contribution >= 4 is 11.5 Å².